The zero-order valence-electron chi connectivity index (χ0n) is 12.0. The lowest BCUT2D eigenvalue weighted by Gasteiger charge is -2.06. The van der Waals surface area contributed by atoms with Gasteiger partial charge in [0.15, 0.2) is 0 Å². The van der Waals surface area contributed by atoms with E-state index in [9.17, 15) is 0 Å². The molecule has 0 radical (unpaired) electrons. The molecule has 0 bridgehead atoms. The Morgan fingerprint density at radius 1 is 1.10 bits per heavy atom. The fourth-order valence-electron chi connectivity index (χ4n) is 2.51. The Labute approximate surface area is 132 Å². The average Bonchev–Trinajstić information content (AvgIpc) is 2.86. The monoisotopic (exact) mass is 317 g/mol. The molecule has 5 heteroatoms. The first-order chi connectivity index (χ1) is 10.1. The molecule has 1 aromatic carbocycles. The van der Waals surface area contributed by atoms with Gasteiger partial charge in [0.2, 0.25) is 5.28 Å². The molecule has 2 aromatic heterocycles. The maximum atomic E-state index is 6.09. The van der Waals surface area contributed by atoms with E-state index in [0.29, 0.717) is 5.82 Å². The number of rotatable bonds is 3. The van der Waals surface area contributed by atoms with E-state index in [-0.39, 0.29) is 5.28 Å². The second-order valence-electron chi connectivity index (χ2n) is 4.86. The van der Waals surface area contributed by atoms with Gasteiger partial charge in [0, 0.05) is 10.4 Å². The number of aryl methyl sites for hydroxylation is 2. The summed E-state index contributed by atoms with van der Waals surface area (Å²) in [5.41, 5.74) is 9.72. The van der Waals surface area contributed by atoms with Crippen LogP contribution in [0.25, 0.3) is 21.3 Å². The number of nitrogens with two attached hydrogens (primary N) is 1. The van der Waals surface area contributed by atoms with Gasteiger partial charge >= 0.3 is 0 Å². The Hall–Kier alpha value is -1.65. The van der Waals surface area contributed by atoms with Gasteiger partial charge in [0.25, 0.3) is 0 Å². The van der Waals surface area contributed by atoms with Crippen LogP contribution in [0.3, 0.4) is 0 Å². The van der Waals surface area contributed by atoms with E-state index >= 15 is 0 Å². The molecular formula is C16H16ClN3S. The van der Waals surface area contributed by atoms with Crippen molar-refractivity contribution in [1.29, 1.82) is 0 Å². The summed E-state index contributed by atoms with van der Waals surface area (Å²) in [7, 11) is 0. The van der Waals surface area contributed by atoms with Crippen LogP contribution in [-0.2, 0) is 12.8 Å². The van der Waals surface area contributed by atoms with Crippen LogP contribution < -0.4 is 5.73 Å². The van der Waals surface area contributed by atoms with E-state index in [2.05, 4.69) is 48.1 Å². The third-order valence-electron chi connectivity index (χ3n) is 3.60. The summed E-state index contributed by atoms with van der Waals surface area (Å²) in [6, 6.07) is 8.61. The number of nitrogen functional groups attached to an aromatic ring is 1. The van der Waals surface area contributed by atoms with Crippen LogP contribution in [-0.4, -0.2) is 9.97 Å². The lowest BCUT2D eigenvalue weighted by molar-refractivity contribution is 1.14. The van der Waals surface area contributed by atoms with Gasteiger partial charge in [-0.25, -0.2) is 9.97 Å². The lowest BCUT2D eigenvalue weighted by atomic mass is 10.0. The van der Waals surface area contributed by atoms with Crippen molar-refractivity contribution >= 4 is 39.0 Å². The van der Waals surface area contributed by atoms with Crippen molar-refractivity contribution in [2.45, 2.75) is 26.7 Å². The summed E-state index contributed by atoms with van der Waals surface area (Å²) >= 11 is 7.56. The lowest BCUT2D eigenvalue weighted by Crippen LogP contribution is -1.94. The molecule has 0 fully saturated rings. The number of fused-ring (bicyclic) bond motifs is 1. The highest BCUT2D eigenvalue weighted by Gasteiger charge is 2.17. The minimum atomic E-state index is 0.205. The molecule has 0 aliphatic heterocycles. The van der Waals surface area contributed by atoms with Crippen LogP contribution in [0.1, 0.15) is 24.3 Å². The van der Waals surface area contributed by atoms with E-state index in [1.807, 2.05) is 0 Å². The SMILES string of the molecule is CCc1ccc(-c2c(CC)sc3nc(Cl)nc(N)c23)cc1. The Bertz CT molecular complexity index is 793. The molecule has 0 saturated carbocycles. The average molecular weight is 318 g/mol. The van der Waals surface area contributed by atoms with Crippen molar-refractivity contribution in [2.24, 2.45) is 0 Å². The maximum Gasteiger partial charge on any atom is 0.225 e. The Kier molecular flexibility index (Phi) is 3.83. The quantitative estimate of drug-likeness (QED) is 0.711. The minimum absolute atomic E-state index is 0.205. The van der Waals surface area contributed by atoms with Crippen molar-refractivity contribution in [2.75, 3.05) is 5.73 Å². The number of anilines is 1. The molecule has 0 amide bonds. The van der Waals surface area contributed by atoms with E-state index in [0.717, 1.165) is 34.2 Å². The Balaban J connectivity index is 2.28. The second-order valence-corrected chi connectivity index (χ2v) is 6.28. The van der Waals surface area contributed by atoms with Crippen molar-refractivity contribution < 1.29 is 0 Å². The predicted molar refractivity (Wildman–Crippen MR) is 91.0 cm³/mol. The molecule has 2 heterocycles. The van der Waals surface area contributed by atoms with Crippen LogP contribution in [0.2, 0.25) is 5.28 Å². The summed E-state index contributed by atoms with van der Waals surface area (Å²) < 4.78 is 0. The van der Waals surface area contributed by atoms with Gasteiger partial charge in [0.05, 0.1) is 5.39 Å². The van der Waals surface area contributed by atoms with E-state index in [4.69, 9.17) is 17.3 Å². The van der Waals surface area contributed by atoms with Gasteiger partial charge in [0.1, 0.15) is 10.6 Å². The van der Waals surface area contributed by atoms with Crippen LogP contribution in [0.5, 0.6) is 0 Å². The highest BCUT2D eigenvalue weighted by molar-refractivity contribution is 7.19. The molecule has 0 unspecified atom stereocenters. The zero-order chi connectivity index (χ0) is 15.0. The molecule has 0 aliphatic rings. The van der Waals surface area contributed by atoms with Gasteiger partial charge in [-0.05, 0) is 35.6 Å². The number of nitrogens with zero attached hydrogens (tertiary/aromatic N) is 2. The fourth-order valence-corrected chi connectivity index (χ4v) is 3.87. The first-order valence-corrected chi connectivity index (χ1v) is 8.17. The molecule has 0 spiro atoms. The zero-order valence-corrected chi connectivity index (χ0v) is 13.6. The predicted octanol–water partition coefficient (Wildman–Crippen LogP) is 4.72. The summed E-state index contributed by atoms with van der Waals surface area (Å²) in [6.45, 7) is 4.29. The molecule has 0 saturated heterocycles. The fraction of sp³-hybridized carbons (Fsp3) is 0.250. The van der Waals surface area contributed by atoms with E-state index in [1.165, 1.54) is 10.4 Å². The summed E-state index contributed by atoms with van der Waals surface area (Å²) in [6.07, 6.45) is 1.97. The highest BCUT2D eigenvalue weighted by atomic mass is 35.5. The first kappa shape index (κ1) is 14.3. The third kappa shape index (κ3) is 2.49. The topological polar surface area (TPSA) is 51.8 Å². The number of thiophene rings is 1. The molecule has 3 rings (SSSR count). The van der Waals surface area contributed by atoms with Gasteiger partial charge in [-0.15, -0.1) is 11.3 Å². The summed E-state index contributed by atoms with van der Waals surface area (Å²) in [5.74, 6) is 0.454. The van der Waals surface area contributed by atoms with Crippen LogP contribution >= 0.6 is 22.9 Å². The number of hydrogen-bond donors (Lipinski definition) is 1. The minimum Gasteiger partial charge on any atom is -0.383 e. The molecule has 108 valence electrons. The Morgan fingerprint density at radius 2 is 1.81 bits per heavy atom. The standard InChI is InChI=1S/C16H16ClN3S/c1-3-9-5-7-10(8-6-9)12-11(4-2)21-15-13(12)14(18)19-16(17)20-15/h5-8H,3-4H2,1-2H3,(H2,18,19,20). The van der Waals surface area contributed by atoms with Gasteiger partial charge in [-0.2, -0.15) is 0 Å². The normalized spacial score (nSPS) is 11.2. The van der Waals surface area contributed by atoms with Gasteiger partial charge in [-0.3, -0.25) is 0 Å². The molecular weight excluding hydrogens is 302 g/mol. The molecule has 21 heavy (non-hydrogen) atoms. The van der Waals surface area contributed by atoms with Crippen LogP contribution in [0, 0.1) is 0 Å². The first-order valence-electron chi connectivity index (χ1n) is 6.97. The maximum absolute atomic E-state index is 6.09. The van der Waals surface area contributed by atoms with Gasteiger partial charge < -0.3 is 5.73 Å². The number of benzene rings is 1. The Morgan fingerprint density at radius 3 is 2.43 bits per heavy atom. The van der Waals surface area contributed by atoms with E-state index < -0.39 is 0 Å². The summed E-state index contributed by atoms with van der Waals surface area (Å²) in [5, 5.41) is 1.13. The molecule has 2 N–H and O–H groups in total. The van der Waals surface area contributed by atoms with Crippen molar-refractivity contribution in [1.82, 2.24) is 9.97 Å². The molecule has 0 atom stereocenters. The van der Waals surface area contributed by atoms with Crippen molar-refractivity contribution in [3.8, 4) is 11.1 Å². The molecule has 3 nitrogen and oxygen atoms in total. The third-order valence-corrected chi connectivity index (χ3v) is 4.99. The molecule has 0 aliphatic carbocycles. The van der Waals surface area contributed by atoms with Crippen LogP contribution in [0.4, 0.5) is 5.82 Å². The van der Waals surface area contributed by atoms with Gasteiger partial charge in [-0.1, -0.05) is 38.1 Å². The summed E-state index contributed by atoms with van der Waals surface area (Å²) in [4.78, 5) is 10.5. The van der Waals surface area contributed by atoms with E-state index in [1.54, 1.807) is 11.3 Å². The van der Waals surface area contributed by atoms with Crippen molar-refractivity contribution in [3.05, 3.63) is 40.0 Å². The largest absolute Gasteiger partial charge is 0.383 e. The number of hydrogen-bond acceptors (Lipinski definition) is 4. The van der Waals surface area contributed by atoms with Crippen LogP contribution in [0.15, 0.2) is 24.3 Å². The smallest absolute Gasteiger partial charge is 0.225 e. The second kappa shape index (κ2) is 5.62. The van der Waals surface area contributed by atoms with Crippen molar-refractivity contribution in [3.63, 3.8) is 0 Å². The highest BCUT2D eigenvalue weighted by Crippen LogP contribution is 2.41. The number of halogens is 1. The number of aromatic nitrogens is 2. The molecule has 3 aromatic rings.